The van der Waals surface area contributed by atoms with Crippen molar-refractivity contribution in [1.82, 2.24) is 0 Å². The Labute approximate surface area is 94.4 Å². The number of hydrogen-bond acceptors (Lipinski definition) is 4. The van der Waals surface area contributed by atoms with Gasteiger partial charge in [-0.1, -0.05) is 18.7 Å². The maximum Gasteiger partial charge on any atom is 0.341 e. The minimum Gasteiger partial charge on any atom is -0.467 e. The lowest BCUT2D eigenvalue weighted by Gasteiger charge is -2.09. The molecule has 0 bridgehead atoms. The lowest BCUT2D eigenvalue weighted by Crippen LogP contribution is -2.07. The summed E-state index contributed by atoms with van der Waals surface area (Å²) in [4.78, 5) is 11.5. The molecule has 0 fully saturated rings. The van der Waals surface area contributed by atoms with E-state index in [1.165, 1.54) is 14.2 Å². The number of carbonyl (C=O) groups is 1. The molecule has 1 aromatic carbocycles. The van der Waals surface area contributed by atoms with Crippen LogP contribution < -0.4 is 4.74 Å². The quantitative estimate of drug-likeness (QED) is 0.565. The molecule has 0 amide bonds. The van der Waals surface area contributed by atoms with E-state index in [4.69, 9.17) is 9.47 Å². The van der Waals surface area contributed by atoms with Crippen LogP contribution in [0.5, 0.6) is 5.75 Å². The van der Waals surface area contributed by atoms with Gasteiger partial charge in [0.05, 0.1) is 7.11 Å². The van der Waals surface area contributed by atoms with Crippen molar-refractivity contribution in [1.29, 1.82) is 0 Å². The number of carbonyl (C=O) groups excluding carboxylic acids is 1. The van der Waals surface area contributed by atoms with Gasteiger partial charge in [-0.2, -0.15) is 0 Å². The van der Waals surface area contributed by atoms with Crippen LogP contribution in [0.1, 0.15) is 15.9 Å². The summed E-state index contributed by atoms with van der Waals surface area (Å²) in [5.41, 5.74) is 1.18. The second kappa shape index (κ2) is 5.92. The summed E-state index contributed by atoms with van der Waals surface area (Å²) in [6, 6.07) is 5.14. The van der Waals surface area contributed by atoms with Crippen molar-refractivity contribution >= 4 is 12.0 Å². The number of ether oxygens (including phenoxy) is 3. The maximum atomic E-state index is 11.5. The third-order valence-corrected chi connectivity index (χ3v) is 1.98. The topological polar surface area (TPSA) is 44.8 Å². The Morgan fingerprint density at radius 2 is 2.19 bits per heavy atom. The van der Waals surface area contributed by atoms with E-state index in [9.17, 15) is 4.79 Å². The minimum atomic E-state index is -0.449. The average Bonchev–Trinajstić information content (AvgIpc) is 2.35. The van der Waals surface area contributed by atoms with Gasteiger partial charge in [0.1, 0.15) is 11.3 Å². The summed E-state index contributed by atoms with van der Waals surface area (Å²) in [6.45, 7) is 3.71. The fourth-order valence-electron chi connectivity index (χ4n) is 1.19. The van der Waals surface area contributed by atoms with Gasteiger partial charge in [-0.05, 0) is 17.7 Å². The van der Waals surface area contributed by atoms with Gasteiger partial charge in [0.25, 0.3) is 0 Å². The third-order valence-electron chi connectivity index (χ3n) is 1.98. The third kappa shape index (κ3) is 2.84. The fraction of sp³-hybridized carbons (Fsp3) is 0.250. The average molecular weight is 222 g/mol. The first-order valence-electron chi connectivity index (χ1n) is 4.69. The fourth-order valence-corrected chi connectivity index (χ4v) is 1.19. The Kier molecular flexibility index (Phi) is 4.54. The van der Waals surface area contributed by atoms with Gasteiger partial charge < -0.3 is 14.2 Å². The van der Waals surface area contributed by atoms with Crippen molar-refractivity contribution in [3.63, 3.8) is 0 Å². The Morgan fingerprint density at radius 1 is 1.44 bits per heavy atom. The molecule has 1 aromatic rings. The van der Waals surface area contributed by atoms with Crippen molar-refractivity contribution < 1.29 is 19.0 Å². The first-order chi connectivity index (χ1) is 7.72. The van der Waals surface area contributed by atoms with E-state index in [0.717, 1.165) is 5.56 Å². The summed E-state index contributed by atoms with van der Waals surface area (Å²) in [6.07, 6.45) is 1.65. The molecule has 0 aliphatic carbocycles. The van der Waals surface area contributed by atoms with E-state index in [2.05, 4.69) is 11.3 Å². The second-order valence-corrected chi connectivity index (χ2v) is 3.00. The highest BCUT2D eigenvalue weighted by Crippen LogP contribution is 2.21. The second-order valence-electron chi connectivity index (χ2n) is 3.00. The molecule has 4 heteroatoms. The molecule has 0 radical (unpaired) electrons. The van der Waals surface area contributed by atoms with Crippen LogP contribution in [0, 0.1) is 0 Å². The van der Waals surface area contributed by atoms with Gasteiger partial charge in [0, 0.05) is 7.11 Å². The van der Waals surface area contributed by atoms with Crippen molar-refractivity contribution in [2.75, 3.05) is 21.0 Å². The monoisotopic (exact) mass is 222 g/mol. The molecule has 0 atom stereocenters. The van der Waals surface area contributed by atoms with Crippen LogP contribution in [0.25, 0.3) is 6.08 Å². The van der Waals surface area contributed by atoms with E-state index < -0.39 is 5.97 Å². The molecule has 1 rings (SSSR count). The molecule has 0 heterocycles. The predicted molar refractivity (Wildman–Crippen MR) is 60.4 cm³/mol. The van der Waals surface area contributed by atoms with Crippen LogP contribution in [0.2, 0.25) is 0 Å². The van der Waals surface area contributed by atoms with Gasteiger partial charge in [0.2, 0.25) is 0 Å². The number of benzene rings is 1. The summed E-state index contributed by atoms with van der Waals surface area (Å²) < 4.78 is 14.7. The van der Waals surface area contributed by atoms with Gasteiger partial charge in [-0.3, -0.25) is 0 Å². The van der Waals surface area contributed by atoms with Gasteiger partial charge >= 0.3 is 5.97 Å². The molecule has 16 heavy (non-hydrogen) atoms. The molecule has 0 N–H and O–H groups in total. The molecule has 0 saturated heterocycles. The van der Waals surface area contributed by atoms with E-state index in [0.29, 0.717) is 11.3 Å². The predicted octanol–water partition coefficient (Wildman–Crippen LogP) is 2.10. The Bertz CT molecular complexity index is 385. The SMILES string of the molecule is C=Cc1ccc(OCOC)c(C(=O)OC)c1. The molecular weight excluding hydrogens is 208 g/mol. The molecule has 86 valence electrons. The summed E-state index contributed by atoms with van der Waals surface area (Å²) in [7, 11) is 2.83. The maximum absolute atomic E-state index is 11.5. The molecule has 0 aliphatic rings. The van der Waals surface area contributed by atoms with Crippen molar-refractivity contribution in [2.24, 2.45) is 0 Å². The standard InChI is InChI=1S/C12H14O4/c1-4-9-5-6-11(16-8-14-2)10(7-9)12(13)15-3/h4-7H,1,8H2,2-3H3. The lowest BCUT2D eigenvalue weighted by atomic mass is 10.1. The molecule has 0 aliphatic heterocycles. The highest BCUT2D eigenvalue weighted by molar-refractivity contribution is 5.93. The lowest BCUT2D eigenvalue weighted by molar-refractivity contribution is 0.0465. The minimum absolute atomic E-state index is 0.0808. The van der Waals surface area contributed by atoms with Crippen LogP contribution in [0.15, 0.2) is 24.8 Å². The van der Waals surface area contributed by atoms with Crippen LogP contribution in [-0.4, -0.2) is 27.0 Å². The van der Waals surface area contributed by atoms with E-state index in [-0.39, 0.29) is 6.79 Å². The highest BCUT2D eigenvalue weighted by Gasteiger charge is 2.13. The Balaban J connectivity index is 3.05. The molecule has 0 aromatic heterocycles. The van der Waals surface area contributed by atoms with Crippen LogP contribution in [0.3, 0.4) is 0 Å². The summed E-state index contributed by atoms with van der Waals surface area (Å²) in [5, 5.41) is 0. The Morgan fingerprint density at radius 3 is 2.75 bits per heavy atom. The molecule has 0 saturated carbocycles. The Hall–Kier alpha value is -1.81. The summed E-state index contributed by atoms with van der Waals surface area (Å²) >= 11 is 0. The molecular formula is C12H14O4. The highest BCUT2D eigenvalue weighted by atomic mass is 16.7. The van der Waals surface area contributed by atoms with Crippen molar-refractivity contribution in [3.8, 4) is 5.75 Å². The normalized spacial score (nSPS) is 9.62. The largest absolute Gasteiger partial charge is 0.467 e. The van der Waals surface area contributed by atoms with Crippen LogP contribution >= 0.6 is 0 Å². The van der Waals surface area contributed by atoms with Crippen molar-refractivity contribution in [3.05, 3.63) is 35.9 Å². The number of rotatable bonds is 5. The zero-order valence-electron chi connectivity index (χ0n) is 9.36. The smallest absolute Gasteiger partial charge is 0.341 e. The molecule has 0 unspecified atom stereocenters. The van der Waals surface area contributed by atoms with Crippen molar-refractivity contribution in [2.45, 2.75) is 0 Å². The zero-order chi connectivity index (χ0) is 12.0. The van der Waals surface area contributed by atoms with E-state index >= 15 is 0 Å². The van der Waals surface area contributed by atoms with Gasteiger partial charge in [0.15, 0.2) is 6.79 Å². The summed E-state index contributed by atoms with van der Waals surface area (Å²) in [5.74, 6) is -0.0193. The number of hydrogen-bond donors (Lipinski definition) is 0. The van der Waals surface area contributed by atoms with Gasteiger partial charge in [-0.15, -0.1) is 0 Å². The number of methoxy groups -OCH3 is 2. The first kappa shape index (κ1) is 12.3. The zero-order valence-corrected chi connectivity index (χ0v) is 9.36. The van der Waals surface area contributed by atoms with E-state index in [1.807, 2.05) is 0 Å². The van der Waals surface area contributed by atoms with Crippen LogP contribution in [0.4, 0.5) is 0 Å². The molecule has 4 nitrogen and oxygen atoms in total. The van der Waals surface area contributed by atoms with Gasteiger partial charge in [-0.25, -0.2) is 4.79 Å². The van der Waals surface area contributed by atoms with Crippen LogP contribution in [-0.2, 0) is 9.47 Å². The first-order valence-corrected chi connectivity index (χ1v) is 4.69. The number of esters is 1. The molecule has 0 spiro atoms. The van der Waals surface area contributed by atoms with E-state index in [1.54, 1.807) is 24.3 Å².